The van der Waals surface area contributed by atoms with Crippen molar-refractivity contribution in [3.63, 3.8) is 0 Å². The van der Waals surface area contributed by atoms with Crippen LogP contribution in [0.2, 0.25) is 0 Å². The van der Waals surface area contributed by atoms with Gasteiger partial charge in [0.05, 0.1) is 24.0 Å². The Hall–Kier alpha value is -4.69. The molecule has 4 N–H and O–H groups in total. The molecular weight excluding hydrogens is 542 g/mol. The van der Waals surface area contributed by atoms with Gasteiger partial charge in [-0.05, 0) is 72.7 Å². The summed E-state index contributed by atoms with van der Waals surface area (Å²) in [4.78, 5) is 39.5. The number of rotatable bonds is 11. The summed E-state index contributed by atoms with van der Waals surface area (Å²) in [5.41, 5.74) is 4.91. The maximum atomic E-state index is 13.8. The molecule has 1 unspecified atom stereocenters. The Labute approximate surface area is 252 Å². The van der Waals surface area contributed by atoms with Gasteiger partial charge in [-0.1, -0.05) is 86.1 Å². The Bertz CT molecular complexity index is 1590. The zero-order valence-electron chi connectivity index (χ0n) is 25.2. The van der Waals surface area contributed by atoms with Crippen LogP contribution < -0.4 is 16.0 Å². The quantitative estimate of drug-likeness (QED) is 0.149. The Kier molecular flexibility index (Phi) is 10.2. The first kappa shape index (κ1) is 31.3. The number of carbonyl (C=O) groups is 3. The number of ether oxygens (including phenoxy) is 1. The summed E-state index contributed by atoms with van der Waals surface area (Å²) in [5, 5.41) is 20.2. The van der Waals surface area contributed by atoms with Crippen molar-refractivity contribution in [2.24, 2.45) is 5.92 Å². The summed E-state index contributed by atoms with van der Waals surface area (Å²) in [7, 11) is 0. The predicted molar refractivity (Wildman–Crippen MR) is 171 cm³/mol. The summed E-state index contributed by atoms with van der Waals surface area (Å²) in [6.45, 7) is 9.99. The molecule has 224 valence electrons. The Morgan fingerprint density at radius 1 is 0.814 bits per heavy atom. The van der Waals surface area contributed by atoms with Crippen LogP contribution in [-0.2, 0) is 16.1 Å². The molecule has 0 saturated carbocycles. The van der Waals surface area contributed by atoms with E-state index in [1.54, 1.807) is 12.1 Å². The third kappa shape index (κ3) is 8.20. The van der Waals surface area contributed by atoms with Gasteiger partial charge in [0.25, 0.3) is 5.91 Å². The molecule has 0 aliphatic rings. The Morgan fingerprint density at radius 3 is 2.02 bits per heavy atom. The summed E-state index contributed by atoms with van der Waals surface area (Å²) < 4.78 is 6.09. The fraction of sp³-hybridized carbons (Fsp3) is 0.286. The fourth-order valence-corrected chi connectivity index (χ4v) is 5.25. The van der Waals surface area contributed by atoms with Crippen molar-refractivity contribution in [1.29, 1.82) is 0 Å². The van der Waals surface area contributed by atoms with Crippen molar-refractivity contribution in [3.05, 3.63) is 107 Å². The smallest absolute Gasteiger partial charge is 0.328 e. The first-order chi connectivity index (χ1) is 20.5. The van der Waals surface area contributed by atoms with E-state index < -0.39 is 30.1 Å². The number of hydrogen-bond donors (Lipinski definition) is 4. The minimum Gasteiger partial charge on any atom is -0.480 e. The highest BCUT2D eigenvalue weighted by Crippen LogP contribution is 2.27. The maximum absolute atomic E-state index is 13.8. The molecule has 3 amide bonds. The van der Waals surface area contributed by atoms with Crippen LogP contribution in [0.4, 0.5) is 16.2 Å². The molecule has 4 rings (SSSR count). The molecule has 8 nitrogen and oxygen atoms in total. The van der Waals surface area contributed by atoms with E-state index in [-0.39, 0.29) is 23.8 Å². The van der Waals surface area contributed by atoms with Crippen LogP contribution in [0.25, 0.3) is 10.8 Å². The lowest BCUT2D eigenvalue weighted by molar-refractivity contribution is -0.144. The van der Waals surface area contributed by atoms with E-state index in [4.69, 9.17) is 4.74 Å². The van der Waals surface area contributed by atoms with Gasteiger partial charge in [0.15, 0.2) is 6.04 Å². The Morgan fingerprint density at radius 2 is 1.42 bits per heavy atom. The van der Waals surface area contributed by atoms with Crippen molar-refractivity contribution in [3.8, 4) is 0 Å². The molecule has 8 heteroatoms. The summed E-state index contributed by atoms with van der Waals surface area (Å²) in [6.07, 6.45) is -0.362. The largest absolute Gasteiger partial charge is 0.480 e. The standard InChI is InChI=1S/C35H39N3O5/c1-21(2)15-30(43-20-25-11-7-6-8-12-25)32(34(40)41)37-33(39)28-18-26-13-9-10-14-27(26)19-29(28)36-35(42)38-31-23(4)16-22(3)17-24(31)5/h6-14,16-19,21,30,32H,15,20H2,1-5H3,(H,37,39)(H,40,41)(H2,36,38,42)/t30-,32?/m1/s1. The normalized spacial score (nSPS) is 12.5. The molecule has 0 saturated heterocycles. The minimum absolute atomic E-state index is 0.120. The average Bonchev–Trinajstić information content (AvgIpc) is 2.95. The number of carbonyl (C=O) groups excluding carboxylic acids is 2. The van der Waals surface area contributed by atoms with Crippen molar-refractivity contribution < 1.29 is 24.2 Å². The first-order valence-corrected chi connectivity index (χ1v) is 14.4. The van der Waals surface area contributed by atoms with Gasteiger partial charge in [0.2, 0.25) is 0 Å². The lowest BCUT2D eigenvalue weighted by atomic mass is 9.98. The van der Waals surface area contributed by atoms with E-state index in [0.717, 1.165) is 33.0 Å². The van der Waals surface area contributed by atoms with Gasteiger partial charge in [-0.15, -0.1) is 0 Å². The molecule has 0 aliphatic carbocycles. The van der Waals surface area contributed by atoms with Crippen molar-refractivity contribution in [2.45, 2.75) is 59.8 Å². The molecule has 4 aromatic rings. The van der Waals surface area contributed by atoms with Crippen LogP contribution in [0.1, 0.15) is 52.9 Å². The van der Waals surface area contributed by atoms with Gasteiger partial charge >= 0.3 is 12.0 Å². The molecule has 4 aromatic carbocycles. The highest BCUT2D eigenvalue weighted by molar-refractivity contribution is 6.10. The van der Waals surface area contributed by atoms with Crippen LogP contribution in [0.3, 0.4) is 0 Å². The van der Waals surface area contributed by atoms with Crippen LogP contribution in [0.15, 0.2) is 78.9 Å². The highest BCUT2D eigenvalue weighted by atomic mass is 16.5. The topological polar surface area (TPSA) is 117 Å². The van der Waals surface area contributed by atoms with Gasteiger partial charge in [0, 0.05) is 5.69 Å². The number of carboxylic acid groups (broad SMARTS) is 1. The van der Waals surface area contributed by atoms with Gasteiger partial charge in [-0.3, -0.25) is 4.79 Å². The molecule has 0 heterocycles. The van der Waals surface area contributed by atoms with Crippen LogP contribution in [0.5, 0.6) is 0 Å². The second kappa shape index (κ2) is 14.0. The number of aryl methyl sites for hydroxylation is 3. The lowest BCUT2D eigenvalue weighted by Gasteiger charge is -2.27. The van der Waals surface area contributed by atoms with Gasteiger partial charge in [-0.25, -0.2) is 9.59 Å². The zero-order valence-corrected chi connectivity index (χ0v) is 25.2. The van der Waals surface area contributed by atoms with E-state index in [1.165, 1.54) is 0 Å². The molecular formula is C35H39N3O5. The molecule has 0 fully saturated rings. The van der Waals surface area contributed by atoms with Crippen LogP contribution in [0, 0.1) is 26.7 Å². The van der Waals surface area contributed by atoms with Gasteiger partial charge in [0.1, 0.15) is 0 Å². The molecule has 0 aliphatic heterocycles. The fourth-order valence-electron chi connectivity index (χ4n) is 5.25. The number of nitrogens with one attached hydrogen (secondary N) is 3. The van der Waals surface area contributed by atoms with Crippen molar-refractivity contribution in [2.75, 3.05) is 10.6 Å². The van der Waals surface area contributed by atoms with E-state index in [0.29, 0.717) is 12.1 Å². The van der Waals surface area contributed by atoms with E-state index in [1.807, 2.05) is 101 Å². The number of carboxylic acids is 1. The number of amides is 3. The number of hydrogen-bond acceptors (Lipinski definition) is 4. The maximum Gasteiger partial charge on any atom is 0.328 e. The highest BCUT2D eigenvalue weighted by Gasteiger charge is 2.32. The summed E-state index contributed by atoms with van der Waals surface area (Å²) >= 11 is 0. The van der Waals surface area contributed by atoms with Crippen LogP contribution >= 0.6 is 0 Å². The van der Waals surface area contributed by atoms with E-state index in [9.17, 15) is 19.5 Å². The third-order valence-corrected chi connectivity index (χ3v) is 7.23. The number of urea groups is 1. The van der Waals surface area contributed by atoms with Crippen molar-refractivity contribution >= 4 is 40.1 Å². The summed E-state index contributed by atoms with van der Waals surface area (Å²) in [5.74, 6) is -1.71. The van der Waals surface area contributed by atoms with E-state index >= 15 is 0 Å². The zero-order chi connectivity index (χ0) is 31.1. The van der Waals surface area contributed by atoms with Crippen molar-refractivity contribution in [1.82, 2.24) is 5.32 Å². The SMILES string of the molecule is Cc1cc(C)c(NC(=O)Nc2cc3ccccc3cc2C(=O)NC(C(=O)O)[C@@H](CC(C)C)OCc2ccccc2)c(C)c1. The molecule has 0 spiro atoms. The third-order valence-electron chi connectivity index (χ3n) is 7.23. The first-order valence-electron chi connectivity index (χ1n) is 14.4. The monoisotopic (exact) mass is 581 g/mol. The minimum atomic E-state index is -1.32. The molecule has 43 heavy (non-hydrogen) atoms. The van der Waals surface area contributed by atoms with Gasteiger partial charge in [-0.2, -0.15) is 0 Å². The molecule has 0 bridgehead atoms. The lowest BCUT2D eigenvalue weighted by Crippen LogP contribution is -2.50. The Balaban J connectivity index is 1.62. The molecule has 0 radical (unpaired) electrons. The predicted octanol–water partition coefficient (Wildman–Crippen LogP) is 7.22. The van der Waals surface area contributed by atoms with Crippen LogP contribution in [-0.4, -0.2) is 35.2 Å². The molecule has 0 aromatic heterocycles. The number of aliphatic carboxylic acids is 1. The average molecular weight is 582 g/mol. The summed E-state index contributed by atoms with van der Waals surface area (Å²) in [6, 6.07) is 22.4. The number of benzene rings is 4. The van der Waals surface area contributed by atoms with Gasteiger partial charge < -0.3 is 25.8 Å². The molecule has 2 atom stereocenters. The second-order valence-electron chi connectivity index (χ2n) is 11.4. The number of anilines is 2. The number of fused-ring (bicyclic) bond motifs is 1. The second-order valence-corrected chi connectivity index (χ2v) is 11.4. The van der Waals surface area contributed by atoms with E-state index in [2.05, 4.69) is 16.0 Å².